The summed E-state index contributed by atoms with van der Waals surface area (Å²) in [6.07, 6.45) is 3.12. The summed E-state index contributed by atoms with van der Waals surface area (Å²) in [5.74, 6) is 0. The lowest BCUT2D eigenvalue weighted by molar-refractivity contribution is 0.0904. The van der Waals surface area contributed by atoms with Gasteiger partial charge < -0.3 is 19.9 Å². The number of ether oxygens (including phenoxy) is 1. The summed E-state index contributed by atoms with van der Waals surface area (Å²) in [6, 6.07) is 16.3. The number of nitrogens with one attached hydrogen (secondary N) is 2. The van der Waals surface area contributed by atoms with Gasteiger partial charge in [0.15, 0.2) is 5.11 Å². The van der Waals surface area contributed by atoms with Crippen LogP contribution in [0.5, 0.6) is 0 Å². The van der Waals surface area contributed by atoms with Crippen LogP contribution in [0.2, 0.25) is 0 Å². The number of fused-ring (bicyclic) bond motifs is 1. The quantitative estimate of drug-likeness (QED) is 0.546. The Kier molecular flexibility index (Phi) is 6.68. The van der Waals surface area contributed by atoms with E-state index in [-0.39, 0.29) is 11.7 Å². The van der Waals surface area contributed by atoms with E-state index in [0.29, 0.717) is 23.8 Å². The van der Waals surface area contributed by atoms with E-state index in [1.165, 1.54) is 5.56 Å². The van der Waals surface area contributed by atoms with Gasteiger partial charge in [0.05, 0.1) is 12.6 Å². The first-order valence-electron chi connectivity index (χ1n) is 10.9. The highest BCUT2D eigenvalue weighted by molar-refractivity contribution is 7.80. The maximum absolute atomic E-state index is 12.8. The molecule has 1 fully saturated rings. The summed E-state index contributed by atoms with van der Waals surface area (Å²) < 4.78 is 5.87. The normalized spacial score (nSPS) is 15.9. The third-order valence-electron chi connectivity index (χ3n) is 5.81. The van der Waals surface area contributed by atoms with E-state index in [1.54, 1.807) is 0 Å². The molecule has 0 saturated carbocycles. The smallest absolute Gasteiger partial charge is 0.253 e. The van der Waals surface area contributed by atoms with Gasteiger partial charge in [-0.15, -0.1) is 0 Å². The van der Waals surface area contributed by atoms with E-state index in [0.717, 1.165) is 48.0 Å². The maximum Gasteiger partial charge on any atom is 0.253 e. The molecule has 0 amide bonds. The minimum Gasteiger partial charge on any atom is -0.376 e. The number of pyridine rings is 1. The number of aryl methyl sites for hydroxylation is 2. The standard InChI is InChI=1S/C25H29N3O2S/c1-3-18-7-4-5-9-22(18)27-25(31)28(16-21-8-6-12-30-21)15-20-14-19-11-10-17(2)13-23(19)26-24(20)29/h4-5,7,9-11,13-14,21H,3,6,8,12,15-16H2,1-2H3,(H,26,29)(H,27,31). The van der Waals surface area contributed by atoms with Crippen molar-refractivity contribution in [3.05, 3.63) is 75.6 Å². The van der Waals surface area contributed by atoms with Crippen LogP contribution in [0.1, 0.15) is 36.5 Å². The lowest BCUT2D eigenvalue weighted by Gasteiger charge is -2.28. The number of hydrogen-bond donors (Lipinski definition) is 2. The molecular formula is C25H29N3O2S. The van der Waals surface area contributed by atoms with Gasteiger partial charge in [-0.25, -0.2) is 0 Å². The number of benzene rings is 2. The van der Waals surface area contributed by atoms with Crippen molar-refractivity contribution in [2.45, 2.75) is 45.8 Å². The summed E-state index contributed by atoms with van der Waals surface area (Å²) in [5.41, 5.74) is 4.82. The average molecular weight is 436 g/mol. The molecule has 1 atom stereocenters. The lowest BCUT2D eigenvalue weighted by Crippen LogP contribution is -2.40. The van der Waals surface area contributed by atoms with Crippen molar-refractivity contribution in [1.29, 1.82) is 0 Å². The van der Waals surface area contributed by atoms with Crippen LogP contribution in [-0.4, -0.2) is 34.3 Å². The molecule has 0 radical (unpaired) electrons. The van der Waals surface area contributed by atoms with Gasteiger partial charge in [-0.3, -0.25) is 4.79 Å². The summed E-state index contributed by atoms with van der Waals surface area (Å²) in [5, 5.41) is 5.04. The van der Waals surface area contributed by atoms with E-state index in [9.17, 15) is 4.79 Å². The Morgan fingerprint density at radius 1 is 1.23 bits per heavy atom. The molecule has 4 rings (SSSR count). The number of hydrogen-bond acceptors (Lipinski definition) is 3. The van der Waals surface area contributed by atoms with E-state index < -0.39 is 0 Å². The van der Waals surface area contributed by atoms with Gasteiger partial charge in [0.1, 0.15) is 0 Å². The minimum absolute atomic E-state index is 0.0767. The molecule has 2 N–H and O–H groups in total. The van der Waals surface area contributed by atoms with Crippen molar-refractivity contribution < 1.29 is 4.74 Å². The SMILES string of the molecule is CCc1ccccc1NC(=S)N(Cc1cc2ccc(C)cc2[nH]c1=O)CC1CCCO1. The molecule has 0 spiro atoms. The number of para-hydroxylation sites is 1. The average Bonchev–Trinajstić information content (AvgIpc) is 3.27. The molecule has 0 aliphatic carbocycles. The van der Waals surface area contributed by atoms with Gasteiger partial charge in [0, 0.05) is 29.9 Å². The zero-order valence-electron chi connectivity index (χ0n) is 18.1. The van der Waals surface area contributed by atoms with E-state index >= 15 is 0 Å². The fourth-order valence-corrected chi connectivity index (χ4v) is 4.33. The summed E-state index contributed by atoms with van der Waals surface area (Å²) >= 11 is 5.80. The largest absolute Gasteiger partial charge is 0.376 e. The number of aromatic nitrogens is 1. The van der Waals surface area contributed by atoms with Crippen molar-refractivity contribution in [3.63, 3.8) is 0 Å². The van der Waals surface area contributed by atoms with Crippen LogP contribution in [0.15, 0.2) is 53.3 Å². The van der Waals surface area contributed by atoms with Crippen molar-refractivity contribution >= 4 is 33.9 Å². The number of anilines is 1. The van der Waals surface area contributed by atoms with Crippen molar-refractivity contribution in [2.24, 2.45) is 0 Å². The monoisotopic (exact) mass is 435 g/mol. The molecule has 2 aromatic carbocycles. The highest BCUT2D eigenvalue weighted by Crippen LogP contribution is 2.20. The van der Waals surface area contributed by atoms with Crippen LogP contribution < -0.4 is 10.9 Å². The second kappa shape index (κ2) is 9.62. The third-order valence-corrected chi connectivity index (χ3v) is 6.17. The topological polar surface area (TPSA) is 57.4 Å². The van der Waals surface area contributed by atoms with Gasteiger partial charge in [0.2, 0.25) is 0 Å². The zero-order valence-corrected chi connectivity index (χ0v) is 18.9. The van der Waals surface area contributed by atoms with E-state index in [4.69, 9.17) is 17.0 Å². The minimum atomic E-state index is -0.0767. The van der Waals surface area contributed by atoms with Crippen LogP contribution in [0.4, 0.5) is 5.69 Å². The highest BCUT2D eigenvalue weighted by Gasteiger charge is 2.22. The van der Waals surface area contributed by atoms with Crippen LogP contribution in [0, 0.1) is 6.92 Å². The molecule has 5 nitrogen and oxygen atoms in total. The fourth-order valence-electron chi connectivity index (χ4n) is 4.08. The summed E-state index contributed by atoms with van der Waals surface area (Å²) in [7, 11) is 0. The van der Waals surface area contributed by atoms with E-state index in [2.05, 4.69) is 34.3 Å². The molecule has 1 unspecified atom stereocenters. The first-order chi connectivity index (χ1) is 15.0. The molecule has 1 aromatic heterocycles. The fraction of sp³-hybridized carbons (Fsp3) is 0.360. The number of rotatable bonds is 6. The molecule has 1 saturated heterocycles. The maximum atomic E-state index is 12.8. The van der Waals surface area contributed by atoms with Gasteiger partial charge in [0.25, 0.3) is 5.56 Å². The van der Waals surface area contributed by atoms with Gasteiger partial charge in [-0.1, -0.05) is 37.3 Å². The molecule has 2 heterocycles. The van der Waals surface area contributed by atoms with E-state index in [1.807, 2.05) is 43.3 Å². The Morgan fingerprint density at radius 2 is 2.06 bits per heavy atom. The molecule has 3 aromatic rings. The number of thiocarbonyl (C=S) groups is 1. The Labute approximate surface area is 188 Å². The van der Waals surface area contributed by atoms with Gasteiger partial charge in [-0.2, -0.15) is 0 Å². The van der Waals surface area contributed by atoms with Crippen molar-refractivity contribution in [3.8, 4) is 0 Å². The first-order valence-corrected chi connectivity index (χ1v) is 11.3. The first kappa shape index (κ1) is 21.5. The molecule has 1 aliphatic rings. The molecular weight excluding hydrogens is 406 g/mol. The number of aromatic amines is 1. The van der Waals surface area contributed by atoms with Crippen LogP contribution in [-0.2, 0) is 17.7 Å². The lowest BCUT2D eigenvalue weighted by atomic mass is 10.1. The predicted octanol–water partition coefficient (Wildman–Crippen LogP) is 4.78. The zero-order chi connectivity index (χ0) is 21.8. The molecule has 0 bridgehead atoms. The van der Waals surface area contributed by atoms with Crippen molar-refractivity contribution in [1.82, 2.24) is 9.88 Å². The number of nitrogens with zero attached hydrogens (tertiary/aromatic N) is 1. The van der Waals surface area contributed by atoms with Crippen LogP contribution >= 0.6 is 12.2 Å². The molecule has 6 heteroatoms. The number of H-pyrrole nitrogens is 1. The predicted molar refractivity (Wildman–Crippen MR) is 131 cm³/mol. The molecule has 1 aliphatic heterocycles. The second-order valence-corrected chi connectivity index (χ2v) is 8.56. The second-order valence-electron chi connectivity index (χ2n) is 8.17. The van der Waals surface area contributed by atoms with Crippen molar-refractivity contribution in [2.75, 3.05) is 18.5 Å². The van der Waals surface area contributed by atoms with Gasteiger partial charge >= 0.3 is 0 Å². The Hall–Kier alpha value is -2.70. The highest BCUT2D eigenvalue weighted by atomic mass is 32.1. The Balaban J connectivity index is 1.61. The Morgan fingerprint density at radius 3 is 2.84 bits per heavy atom. The molecule has 162 valence electrons. The van der Waals surface area contributed by atoms with Crippen LogP contribution in [0.3, 0.4) is 0 Å². The third kappa shape index (κ3) is 5.14. The molecule has 31 heavy (non-hydrogen) atoms. The summed E-state index contributed by atoms with van der Waals surface area (Å²) in [6.45, 7) is 6.02. The van der Waals surface area contributed by atoms with Gasteiger partial charge in [-0.05, 0) is 73.1 Å². The van der Waals surface area contributed by atoms with Crippen LogP contribution in [0.25, 0.3) is 10.9 Å². The Bertz CT molecular complexity index is 1140. The summed E-state index contributed by atoms with van der Waals surface area (Å²) in [4.78, 5) is 17.9.